The molecule has 180 valence electrons. The van der Waals surface area contributed by atoms with Crippen molar-refractivity contribution in [2.45, 2.75) is 20.4 Å². The second-order valence-corrected chi connectivity index (χ2v) is 9.28. The average Bonchev–Trinajstić information content (AvgIpc) is 3.32. The number of hydrogen-bond donors (Lipinski definition) is 1. The van der Waals surface area contributed by atoms with E-state index in [0.29, 0.717) is 17.3 Å². The highest BCUT2D eigenvalue weighted by atomic mass is 35.5. The summed E-state index contributed by atoms with van der Waals surface area (Å²) in [5.41, 5.74) is 6.38. The molecule has 5 aromatic rings. The van der Waals surface area contributed by atoms with Crippen molar-refractivity contribution in [2.75, 3.05) is 7.11 Å². The molecule has 0 bridgehead atoms. The number of ether oxygens (including phenoxy) is 1. The molecule has 0 saturated heterocycles. The molecule has 5 rings (SSSR count). The third-order valence-corrected chi connectivity index (χ3v) is 6.71. The molecule has 0 aliphatic rings. The Bertz CT molecular complexity index is 1610. The number of nitrogens with one attached hydrogen (secondary N) is 1. The summed E-state index contributed by atoms with van der Waals surface area (Å²) in [6.07, 6.45) is 3.40. The lowest BCUT2D eigenvalue weighted by molar-refractivity contribution is -0.116. The van der Waals surface area contributed by atoms with Crippen LogP contribution in [0.15, 0.2) is 89.6 Å². The van der Waals surface area contributed by atoms with Gasteiger partial charge in [-0.3, -0.25) is 4.79 Å². The van der Waals surface area contributed by atoms with E-state index in [1.54, 1.807) is 19.4 Å². The zero-order valence-electron chi connectivity index (χ0n) is 20.4. The first-order chi connectivity index (χ1) is 17.4. The molecule has 0 saturated carbocycles. The number of carbonyl (C=O) groups is 1. The summed E-state index contributed by atoms with van der Waals surface area (Å²) >= 11 is 5.95. The summed E-state index contributed by atoms with van der Waals surface area (Å²) < 4.78 is 11.8. The van der Waals surface area contributed by atoms with Crippen molar-refractivity contribution in [3.63, 3.8) is 0 Å². The van der Waals surface area contributed by atoms with Gasteiger partial charge >= 0.3 is 0 Å². The van der Waals surface area contributed by atoms with Crippen molar-refractivity contribution < 1.29 is 13.9 Å². The number of allylic oxidation sites excluding steroid dienone is 1. The molecule has 0 spiro atoms. The molecule has 4 aromatic carbocycles. The Balaban J connectivity index is 1.50. The number of furan rings is 1. The van der Waals surface area contributed by atoms with Crippen molar-refractivity contribution in [2.24, 2.45) is 0 Å². The van der Waals surface area contributed by atoms with Crippen LogP contribution in [0.1, 0.15) is 23.6 Å². The summed E-state index contributed by atoms with van der Waals surface area (Å²) in [6.45, 7) is 4.32. The standard InChI is InChI=1S/C31H26ClNO3/c1-19(14-29(34)33-17-21-8-12-25(32)13-9-21)26-16-27-28(18-36-31(27)20(2)30(26)35-3)24-11-10-22-6-4-5-7-23(22)15-24/h4-16,18H,17H2,1-3H3,(H,33,34)/b19-14+. The van der Waals surface area contributed by atoms with E-state index < -0.39 is 0 Å². The third-order valence-electron chi connectivity index (χ3n) is 6.46. The number of amides is 1. The van der Waals surface area contributed by atoms with Gasteiger partial charge in [0.05, 0.1) is 13.4 Å². The number of halogens is 1. The van der Waals surface area contributed by atoms with E-state index in [1.807, 2.05) is 56.3 Å². The zero-order chi connectivity index (χ0) is 25.2. The summed E-state index contributed by atoms with van der Waals surface area (Å²) in [5.74, 6) is 0.519. The van der Waals surface area contributed by atoms with Crippen LogP contribution in [0, 0.1) is 6.92 Å². The minimum atomic E-state index is -0.177. The van der Waals surface area contributed by atoms with Crippen molar-refractivity contribution in [3.05, 3.63) is 107 Å². The number of fused-ring (bicyclic) bond motifs is 2. The topological polar surface area (TPSA) is 51.5 Å². The van der Waals surface area contributed by atoms with Crippen LogP contribution in [-0.2, 0) is 11.3 Å². The summed E-state index contributed by atoms with van der Waals surface area (Å²) in [4.78, 5) is 12.7. The minimum Gasteiger partial charge on any atom is -0.496 e. The Kier molecular flexibility index (Phi) is 6.53. The highest BCUT2D eigenvalue weighted by Crippen LogP contribution is 2.41. The van der Waals surface area contributed by atoms with Crippen molar-refractivity contribution in [1.29, 1.82) is 0 Å². The lowest BCUT2D eigenvalue weighted by atomic mass is 9.95. The first-order valence-corrected chi connectivity index (χ1v) is 12.1. The fourth-order valence-corrected chi connectivity index (χ4v) is 4.70. The highest BCUT2D eigenvalue weighted by molar-refractivity contribution is 6.30. The van der Waals surface area contributed by atoms with E-state index in [-0.39, 0.29) is 5.91 Å². The van der Waals surface area contributed by atoms with Gasteiger partial charge in [-0.2, -0.15) is 0 Å². The molecule has 5 heteroatoms. The van der Waals surface area contributed by atoms with Crippen molar-refractivity contribution in [3.8, 4) is 16.9 Å². The first-order valence-electron chi connectivity index (χ1n) is 11.7. The summed E-state index contributed by atoms with van der Waals surface area (Å²) in [6, 6.07) is 24.2. The summed E-state index contributed by atoms with van der Waals surface area (Å²) in [5, 5.41) is 6.95. The number of rotatable bonds is 6. The van der Waals surface area contributed by atoms with Crippen LogP contribution in [0.25, 0.3) is 38.4 Å². The van der Waals surface area contributed by atoms with Crippen LogP contribution < -0.4 is 10.1 Å². The molecule has 0 radical (unpaired) electrons. The smallest absolute Gasteiger partial charge is 0.244 e. The Morgan fingerprint density at radius 3 is 2.53 bits per heavy atom. The van der Waals surface area contributed by atoms with E-state index >= 15 is 0 Å². The van der Waals surface area contributed by atoms with E-state index in [9.17, 15) is 4.79 Å². The lowest BCUT2D eigenvalue weighted by Crippen LogP contribution is -2.20. The second kappa shape index (κ2) is 9.92. The van der Waals surface area contributed by atoms with Crippen LogP contribution in [-0.4, -0.2) is 13.0 Å². The molecule has 1 heterocycles. The van der Waals surface area contributed by atoms with E-state index in [4.69, 9.17) is 20.8 Å². The van der Waals surface area contributed by atoms with Crippen LogP contribution in [0.5, 0.6) is 5.75 Å². The van der Waals surface area contributed by atoms with Crippen LogP contribution in [0.3, 0.4) is 0 Å². The maximum atomic E-state index is 12.7. The number of methoxy groups -OCH3 is 1. The molecule has 1 aromatic heterocycles. The zero-order valence-corrected chi connectivity index (χ0v) is 21.1. The largest absolute Gasteiger partial charge is 0.496 e. The Labute approximate surface area is 215 Å². The highest BCUT2D eigenvalue weighted by Gasteiger charge is 2.19. The van der Waals surface area contributed by atoms with Crippen molar-refractivity contribution >= 4 is 44.8 Å². The van der Waals surface area contributed by atoms with Gasteiger partial charge in [0.2, 0.25) is 5.91 Å². The monoisotopic (exact) mass is 495 g/mol. The molecule has 0 aliphatic heterocycles. The van der Waals surface area contributed by atoms with Gasteiger partial charge in [-0.1, -0.05) is 60.1 Å². The molecular formula is C31H26ClNO3. The van der Waals surface area contributed by atoms with E-state index in [2.05, 4.69) is 35.6 Å². The molecule has 0 atom stereocenters. The maximum absolute atomic E-state index is 12.7. The molecule has 4 nitrogen and oxygen atoms in total. The van der Waals surface area contributed by atoms with Gasteiger partial charge in [-0.25, -0.2) is 0 Å². The van der Waals surface area contributed by atoms with Crippen molar-refractivity contribution in [1.82, 2.24) is 5.32 Å². The molecule has 0 unspecified atom stereocenters. The van der Waals surface area contributed by atoms with Gasteiger partial charge in [-0.15, -0.1) is 0 Å². The number of hydrogen-bond acceptors (Lipinski definition) is 3. The minimum absolute atomic E-state index is 0.177. The molecule has 1 amide bonds. The number of benzene rings is 4. The predicted molar refractivity (Wildman–Crippen MR) is 147 cm³/mol. The quantitative estimate of drug-likeness (QED) is 0.243. The van der Waals surface area contributed by atoms with Gasteiger partial charge in [0, 0.05) is 39.7 Å². The van der Waals surface area contributed by atoms with Gasteiger partial charge in [-0.05, 0) is 65.6 Å². The van der Waals surface area contributed by atoms with Gasteiger partial charge in [0.15, 0.2) is 0 Å². The predicted octanol–water partition coefficient (Wildman–Crippen LogP) is 7.94. The van der Waals surface area contributed by atoms with Gasteiger partial charge < -0.3 is 14.5 Å². The van der Waals surface area contributed by atoms with Crippen LogP contribution in [0.4, 0.5) is 0 Å². The van der Waals surface area contributed by atoms with E-state index in [1.165, 1.54) is 10.8 Å². The SMILES string of the molecule is COc1c(/C(C)=C/C(=O)NCc2ccc(Cl)cc2)cc2c(-c3ccc4ccccc4c3)coc2c1C. The van der Waals surface area contributed by atoms with E-state index in [0.717, 1.165) is 44.4 Å². The third kappa shape index (κ3) is 4.60. The van der Waals surface area contributed by atoms with Gasteiger partial charge in [0.1, 0.15) is 11.3 Å². The fourth-order valence-electron chi connectivity index (χ4n) is 4.57. The molecule has 0 fully saturated rings. The molecule has 36 heavy (non-hydrogen) atoms. The molecule has 1 N–H and O–H groups in total. The summed E-state index contributed by atoms with van der Waals surface area (Å²) in [7, 11) is 1.64. The normalized spacial score (nSPS) is 11.7. The lowest BCUT2D eigenvalue weighted by Gasteiger charge is -2.13. The van der Waals surface area contributed by atoms with Gasteiger partial charge in [0.25, 0.3) is 0 Å². The second-order valence-electron chi connectivity index (χ2n) is 8.84. The Morgan fingerprint density at radius 1 is 1.03 bits per heavy atom. The Hall–Kier alpha value is -4.02. The molecular weight excluding hydrogens is 470 g/mol. The van der Waals surface area contributed by atoms with Crippen LogP contribution in [0.2, 0.25) is 5.02 Å². The number of carbonyl (C=O) groups excluding carboxylic acids is 1. The molecule has 0 aliphatic carbocycles. The average molecular weight is 496 g/mol. The first kappa shape index (κ1) is 23.7. The van der Waals surface area contributed by atoms with Crippen LogP contribution >= 0.6 is 11.6 Å². The number of aryl methyl sites for hydroxylation is 1. The maximum Gasteiger partial charge on any atom is 0.244 e. The Morgan fingerprint density at radius 2 is 1.78 bits per heavy atom. The fraction of sp³-hybridized carbons (Fsp3) is 0.129.